The zero-order chi connectivity index (χ0) is 28.1. The standard InChI is InChI=1S/C25H38N2O8S2/c1-8-21(22-15-19(36(30,31)26(4)5)13-17(2)24(22)34-11-9-28)23-16-20(37(32,33)27(6)7)14-18(3)25(23)35-12-10-29/h13-16,21,28-29H,8-12H2,1-7H3. The molecule has 0 radical (unpaired) electrons. The molecule has 0 spiro atoms. The van der Waals surface area contributed by atoms with Crippen LogP contribution in [0.2, 0.25) is 0 Å². The molecule has 2 rings (SSSR count). The molecule has 10 nitrogen and oxygen atoms in total. The van der Waals surface area contributed by atoms with Crippen LogP contribution in [0.4, 0.5) is 0 Å². The summed E-state index contributed by atoms with van der Waals surface area (Å²) in [6.45, 7) is 4.83. The second-order valence-electron chi connectivity index (χ2n) is 9.00. The summed E-state index contributed by atoms with van der Waals surface area (Å²) >= 11 is 0. The molecule has 37 heavy (non-hydrogen) atoms. The summed E-state index contributed by atoms with van der Waals surface area (Å²) in [5.41, 5.74) is 2.14. The minimum atomic E-state index is -3.80. The van der Waals surface area contributed by atoms with Gasteiger partial charge >= 0.3 is 0 Å². The van der Waals surface area contributed by atoms with Gasteiger partial charge in [-0.3, -0.25) is 0 Å². The van der Waals surface area contributed by atoms with Gasteiger partial charge in [0.25, 0.3) is 0 Å². The van der Waals surface area contributed by atoms with E-state index in [2.05, 4.69) is 0 Å². The first-order chi connectivity index (χ1) is 17.2. The lowest BCUT2D eigenvalue weighted by molar-refractivity contribution is 0.197. The summed E-state index contributed by atoms with van der Waals surface area (Å²) in [7, 11) is -1.83. The van der Waals surface area contributed by atoms with E-state index in [-0.39, 0.29) is 36.2 Å². The van der Waals surface area contributed by atoms with Crippen LogP contribution in [0.15, 0.2) is 34.1 Å². The minimum Gasteiger partial charge on any atom is -0.491 e. The fourth-order valence-electron chi connectivity index (χ4n) is 4.07. The van der Waals surface area contributed by atoms with Gasteiger partial charge in [0, 0.05) is 45.2 Å². The van der Waals surface area contributed by atoms with Gasteiger partial charge in [-0.05, 0) is 55.7 Å². The first-order valence-electron chi connectivity index (χ1n) is 11.8. The van der Waals surface area contributed by atoms with Crippen molar-refractivity contribution in [2.75, 3.05) is 54.6 Å². The molecule has 208 valence electrons. The molecule has 0 atom stereocenters. The number of hydrogen-bond donors (Lipinski definition) is 2. The molecule has 2 aromatic rings. The summed E-state index contributed by atoms with van der Waals surface area (Å²) in [6, 6.07) is 6.09. The highest BCUT2D eigenvalue weighted by molar-refractivity contribution is 7.89. The molecule has 0 bridgehead atoms. The maximum atomic E-state index is 13.0. The third-order valence-electron chi connectivity index (χ3n) is 5.95. The van der Waals surface area contributed by atoms with Gasteiger partial charge in [-0.1, -0.05) is 6.92 Å². The Morgan fingerprint density at radius 2 is 1.08 bits per heavy atom. The summed E-state index contributed by atoms with van der Waals surface area (Å²) in [4.78, 5) is 0.123. The largest absolute Gasteiger partial charge is 0.491 e. The second kappa shape index (κ2) is 12.5. The molecule has 0 amide bonds. The van der Waals surface area contributed by atoms with Crippen LogP contribution in [0.3, 0.4) is 0 Å². The van der Waals surface area contributed by atoms with Crippen molar-refractivity contribution in [2.45, 2.75) is 42.9 Å². The van der Waals surface area contributed by atoms with Gasteiger partial charge in [0.2, 0.25) is 20.0 Å². The first kappa shape index (κ1) is 31.0. The highest BCUT2D eigenvalue weighted by Gasteiger charge is 2.29. The number of hydrogen-bond acceptors (Lipinski definition) is 8. The number of aliphatic hydroxyl groups is 2. The highest BCUT2D eigenvalue weighted by atomic mass is 32.2. The van der Waals surface area contributed by atoms with E-state index in [0.29, 0.717) is 40.2 Å². The molecule has 0 aliphatic rings. The number of rotatable bonds is 13. The molecular formula is C25H38N2O8S2. The van der Waals surface area contributed by atoms with Crippen molar-refractivity contribution in [2.24, 2.45) is 0 Å². The van der Waals surface area contributed by atoms with E-state index in [0.717, 1.165) is 8.61 Å². The number of aliphatic hydroxyl groups excluding tert-OH is 2. The van der Waals surface area contributed by atoms with Crippen LogP contribution in [0.5, 0.6) is 11.5 Å². The Kier molecular flexibility index (Phi) is 10.5. The number of sulfonamides is 2. The molecule has 0 unspecified atom stereocenters. The fraction of sp³-hybridized carbons (Fsp3) is 0.520. The lowest BCUT2D eigenvalue weighted by atomic mass is 9.86. The minimum absolute atomic E-state index is 0.00794. The molecule has 0 aliphatic heterocycles. The van der Waals surface area contributed by atoms with Gasteiger partial charge in [0.15, 0.2) is 0 Å². The number of aryl methyl sites for hydroxylation is 2. The van der Waals surface area contributed by atoms with Gasteiger partial charge in [-0.25, -0.2) is 25.4 Å². The second-order valence-corrected chi connectivity index (χ2v) is 13.3. The van der Waals surface area contributed by atoms with Crippen LogP contribution < -0.4 is 9.47 Å². The molecule has 0 saturated heterocycles. The fourth-order valence-corrected chi connectivity index (χ4v) is 6.11. The third-order valence-corrected chi connectivity index (χ3v) is 9.53. The Morgan fingerprint density at radius 3 is 1.35 bits per heavy atom. The molecule has 0 aliphatic carbocycles. The quantitative estimate of drug-likeness (QED) is 0.382. The van der Waals surface area contributed by atoms with Gasteiger partial charge in [0.05, 0.1) is 23.0 Å². The average molecular weight is 559 g/mol. The highest BCUT2D eigenvalue weighted by Crippen LogP contribution is 2.43. The Morgan fingerprint density at radius 1 is 0.730 bits per heavy atom. The Balaban J connectivity index is 2.96. The van der Waals surface area contributed by atoms with Crippen LogP contribution >= 0.6 is 0 Å². The molecule has 12 heteroatoms. The predicted molar refractivity (Wildman–Crippen MR) is 141 cm³/mol. The van der Waals surface area contributed by atoms with Crippen LogP contribution in [0.25, 0.3) is 0 Å². The average Bonchev–Trinajstić information content (AvgIpc) is 2.82. The molecular weight excluding hydrogens is 520 g/mol. The number of ether oxygens (including phenoxy) is 2. The van der Waals surface area contributed by atoms with E-state index in [1.54, 1.807) is 13.8 Å². The molecule has 2 N–H and O–H groups in total. The van der Waals surface area contributed by atoms with Crippen LogP contribution in [0.1, 0.15) is 41.5 Å². The lowest BCUT2D eigenvalue weighted by Crippen LogP contribution is -2.23. The zero-order valence-corrected chi connectivity index (χ0v) is 24.1. The van der Waals surface area contributed by atoms with Crippen molar-refractivity contribution in [3.63, 3.8) is 0 Å². The van der Waals surface area contributed by atoms with E-state index in [1.807, 2.05) is 6.92 Å². The van der Waals surface area contributed by atoms with E-state index in [4.69, 9.17) is 9.47 Å². The number of nitrogens with zero attached hydrogens (tertiary/aromatic N) is 2. The van der Waals surface area contributed by atoms with Crippen molar-refractivity contribution >= 4 is 20.0 Å². The van der Waals surface area contributed by atoms with E-state index in [9.17, 15) is 27.0 Å². The summed E-state index contributed by atoms with van der Waals surface area (Å²) < 4.78 is 66.1. The van der Waals surface area contributed by atoms with Crippen molar-refractivity contribution in [3.05, 3.63) is 46.5 Å². The molecule has 0 heterocycles. The lowest BCUT2D eigenvalue weighted by Gasteiger charge is -2.26. The molecule has 2 aromatic carbocycles. The van der Waals surface area contributed by atoms with Gasteiger partial charge < -0.3 is 19.7 Å². The van der Waals surface area contributed by atoms with Gasteiger partial charge in [-0.15, -0.1) is 0 Å². The molecule has 0 fully saturated rings. The monoisotopic (exact) mass is 558 g/mol. The maximum absolute atomic E-state index is 13.0. The van der Waals surface area contributed by atoms with Crippen LogP contribution in [0, 0.1) is 13.8 Å². The summed E-state index contributed by atoms with van der Waals surface area (Å²) in [5.74, 6) is 0.282. The smallest absolute Gasteiger partial charge is 0.242 e. The van der Waals surface area contributed by atoms with Crippen molar-refractivity contribution in [1.29, 1.82) is 0 Å². The normalized spacial score (nSPS) is 12.5. The number of benzene rings is 2. The predicted octanol–water partition coefficient (Wildman–Crippen LogP) is 2.09. The van der Waals surface area contributed by atoms with Crippen molar-refractivity contribution in [3.8, 4) is 11.5 Å². The van der Waals surface area contributed by atoms with Crippen LogP contribution in [-0.4, -0.2) is 90.3 Å². The SMILES string of the molecule is CCC(c1cc(S(=O)(=O)N(C)C)cc(C)c1OCCO)c1cc(S(=O)(=O)N(C)C)cc(C)c1OCCO. The summed E-state index contributed by atoms with van der Waals surface area (Å²) in [5, 5.41) is 18.8. The molecule has 0 saturated carbocycles. The Bertz CT molecular complexity index is 1210. The Labute approximate surface area is 220 Å². The van der Waals surface area contributed by atoms with E-state index < -0.39 is 26.0 Å². The van der Waals surface area contributed by atoms with E-state index in [1.165, 1.54) is 52.5 Å². The van der Waals surface area contributed by atoms with Crippen LogP contribution in [-0.2, 0) is 20.0 Å². The molecule has 0 aromatic heterocycles. The van der Waals surface area contributed by atoms with E-state index >= 15 is 0 Å². The zero-order valence-electron chi connectivity index (χ0n) is 22.5. The van der Waals surface area contributed by atoms with Gasteiger partial charge in [0.1, 0.15) is 24.7 Å². The Hall–Kier alpha value is -2.22. The van der Waals surface area contributed by atoms with Crippen molar-refractivity contribution in [1.82, 2.24) is 8.61 Å². The maximum Gasteiger partial charge on any atom is 0.242 e. The topological polar surface area (TPSA) is 134 Å². The van der Waals surface area contributed by atoms with Gasteiger partial charge in [-0.2, -0.15) is 0 Å². The van der Waals surface area contributed by atoms with Crippen molar-refractivity contribution < 1.29 is 36.5 Å². The summed E-state index contributed by atoms with van der Waals surface area (Å²) in [6.07, 6.45) is 0.445. The third kappa shape index (κ3) is 6.62. The first-order valence-corrected chi connectivity index (χ1v) is 14.7.